The third-order valence-corrected chi connectivity index (χ3v) is 9.10. The summed E-state index contributed by atoms with van der Waals surface area (Å²) in [5.41, 5.74) is 1.13. The van der Waals surface area contributed by atoms with E-state index in [2.05, 4.69) is 29.2 Å². The van der Waals surface area contributed by atoms with Crippen molar-refractivity contribution in [2.75, 3.05) is 33.2 Å². The molecule has 1 aliphatic heterocycles. The van der Waals surface area contributed by atoms with E-state index in [1.54, 1.807) is 24.3 Å². The van der Waals surface area contributed by atoms with Crippen molar-refractivity contribution in [3.63, 3.8) is 0 Å². The number of rotatable bonds is 9. The molecule has 1 fully saturated rings. The van der Waals surface area contributed by atoms with Crippen molar-refractivity contribution < 1.29 is 21.6 Å². The lowest BCUT2D eigenvalue weighted by molar-refractivity contribution is -0.137. The zero-order chi connectivity index (χ0) is 26.5. The van der Waals surface area contributed by atoms with Gasteiger partial charge in [0.25, 0.3) is 0 Å². The van der Waals surface area contributed by atoms with E-state index in [-0.39, 0.29) is 29.8 Å². The smallest absolute Gasteiger partial charge is 0.303 e. The summed E-state index contributed by atoms with van der Waals surface area (Å²) in [5.74, 6) is 0.136. The van der Waals surface area contributed by atoms with Gasteiger partial charge in [0.1, 0.15) is 0 Å². The average molecular weight is 567 g/mol. The van der Waals surface area contributed by atoms with Crippen molar-refractivity contribution in [1.82, 2.24) is 9.21 Å². The monoisotopic (exact) mass is 566 g/mol. The number of sulfonamides is 1. The second-order valence-corrected chi connectivity index (χ2v) is 11.8. The first-order chi connectivity index (χ1) is 17.6. The Morgan fingerprint density at radius 3 is 2.13 bits per heavy atom. The number of hydrogen-bond acceptors (Lipinski definition) is 3. The van der Waals surface area contributed by atoms with Crippen LogP contribution >= 0.6 is 12.4 Å². The largest absolute Gasteiger partial charge is 0.416 e. The molecule has 3 aromatic carbocycles. The zero-order valence-corrected chi connectivity index (χ0v) is 23.0. The molecular formula is C29H34ClF3N2O2S. The molecule has 1 heterocycles. The van der Waals surface area contributed by atoms with Crippen molar-refractivity contribution in [2.24, 2.45) is 0 Å². The van der Waals surface area contributed by atoms with E-state index in [4.69, 9.17) is 0 Å². The van der Waals surface area contributed by atoms with Crippen molar-refractivity contribution in [3.8, 4) is 0 Å². The summed E-state index contributed by atoms with van der Waals surface area (Å²) in [7, 11) is -2.27. The molecule has 0 aromatic heterocycles. The number of piperidine rings is 1. The Labute approximate surface area is 229 Å². The standard InChI is InChI=1S/C29H33F3N2O2S.ClH/c1-33(37(35,36)28-13-6-3-7-14-28)22-26(25-11-8-12-27(21-25)29(30,31)32)17-20-34-18-15-24(16-19-34)23-9-4-2-5-10-23;/h2-14,21,24,26H,15-20,22H2,1H3;1H/t26-;/m0./s1. The summed E-state index contributed by atoms with van der Waals surface area (Å²) < 4.78 is 67.9. The normalized spacial score (nSPS) is 16.2. The topological polar surface area (TPSA) is 40.6 Å². The molecular weight excluding hydrogens is 533 g/mol. The molecule has 1 aliphatic rings. The van der Waals surface area contributed by atoms with Crippen LogP contribution in [0.15, 0.2) is 89.8 Å². The van der Waals surface area contributed by atoms with Gasteiger partial charge in [0.15, 0.2) is 0 Å². The number of halogens is 4. The zero-order valence-electron chi connectivity index (χ0n) is 21.3. The lowest BCUT2D eigenvalue weighted by Crippen LogP contribution is -2.36. The van der Waals surface area contributed by atoms with Crippen LogP contribution in [0.25, 0.3) is 0 Å². The summed E-state index contributed by atoms with van der Waals surface area (Å²) in [6, 6.07) is 23.9. The molecule has 4 nitrogen and oxygen atoms in total. The van der Waals surface area contributed by atoms with Gasteiger partial charge in [0, 0.05) is 13.6 Å². The fraction of sp³-hybridized carbons (Fsp3) is 0.379. The van der Waals surface area contributed by atoms with E-state index < -0.39 is 21.8 Å². The molecule has 206 valence electrons. The number of hydrogen-bond donors (Lipinski definition) is 0. The highest BCUT2D eigenvalue weighted by Crippen LogP contribution is 2.33. The van der Waals surface area contributed by atoms with E-state index in [1.165, 1.54) is 35.1 Å². The Kier molecular flexibility index (Phi) is 10.4. The Morgan fingerprint density at radius 2 is 1.53 bits per heavy atom. The van der Waals surface area contributed by atoms with Crippen molar-refractivity contribution >= 4 is 22.4 Å². The van der Waals surface area contributed by atoms with Crippen LogP contribution in [-0.2, 0) is 16.2 Å². The first-order valence-electron chi connectivity index (χ1n) is 12.6. The van der Waals surface area contributed by atoms with Crippen molar-refractivity contribution in [3.05, 3.63) is 102 Å². The van der Waals surface area contributed by atoms with E-state index in [0.717, 1.165) is 38.1 Å². The Balaban J connectivity index is 0.00000400. The molecule has 0 radical (unpaired) electrons. The third kappa shape index (κ3) is 7.59. The van der Waals surface area contributed by atoms with E-state index >= 15 is 0 Å². The van der Waals surface area contributed by atoms with Gasteiger partial charge < -0.3 is 4.90 Å². The summed E-state index contributed by atoms with van der Waals surface area (Å²) in [5, 5.41) is 0. The number of nitrogens with zero attached hydrogens (tertiary/aromatic N) is 2. The molecule has 4 rings (SSSR count). The molecule has 0 saturated carbocycles. The molecule has 1 atom stereocenters. The second-order valence-electron chi connectivity index (χ2n) is 9.73. The van der Waals surface area contributed by atoms with E-state index in [9.17, 15) is 21.6 Å². The first kappa shape index (κ1) is 30.2. The second kappa shape index (κ2) is 13.1. The van der Waals surface area contributed by atoms with Gasteiger partial charge in [-0.3, -0.25) is 0 Å². The van der Waals surface area contributed by atoms with Gasteiger partial charge in [0.2, 0.25) is 10.0 Å². The van der Waals surface area contributed by atoms with Gasteiger partial charge >= 0.3 is 6.18 Å². The van der Waals surface area contributed by atoms with Crippen LogP contribution in [0.1, 0.15) is 47.8 Å². The molecule has 3 aromatic rings. The quantitative estimate of drug-likeness (QED) is 0.286. The summed E-state index contributed by atoms with van der Waals surface area (Å²) in [6.07, 6.45) is -1.84. The minimum Gasteiger partial charge on any atom is -0.303 e. The highest BCUT2D eigenvalue weighted by molar-refractivity contribution is 7.89. The number of likely N-dealkylation sites (tertiary alicyclic amines) is 1. The van der Waals surface area contributed by atoms with Gasteiger partial charge in [-0.15, -0.1) is 12.4 Å². The van der Waals surface area contributed by atoms with Gasteiger partial charge in [-0.2, -0.15) is 13.2 Å². The van der Waals surface area contributed by atoms with Crippen LogP contribution in [0.2, 0.25) is 0 Å². The summed E-state index contributed by atoms with van der Waals surface area (Å²) in [6.45, 7) is 2.61. The van der Waals surface area contributed by atoms with Crippen LogP contribution in [0.5, 0.6) is 0 Å². The van der Waals surface area contributed by atoms with E-state index in [0.29, 0.717) is 24.4 Å². The highest BCUT2D eigenvalue weighted by Gasteiger charge is 2.32. The maximum Gasteiger partial charge on any atom is 0.416 e. The van der Waals surface area contributed by atoms with Crippen LogP contribution in [0.3, 0.4) is 0 Å². The first-order valence-corrected chi connectivity index (χ1v) is 14.0. The Bertz CT molecular complexity index is 1250. The third-order valence-electron chi connectivity index (χ3n) is 7.27. The fourth-order valence-corrected chi connectivity index (χ4v) is 6.30. The van der Waals surface area contributed by atoms with Crippen LogP contribution in [-0.4, -0.2) is 50.8 Å². The minimum absolute atomic E-state index is 0. The predicted octanol–water partition coefficient (Wildman–Crippen LogP) is 6.80. The number of alkyl halides is 3. The van der Waals surface area contributed by atoms with Gasteiger partial charge in [-0.25, -0.2) is 12.7 Å². The summed E-state index contributed by atoms with van der Waals surface area (Å²) in [4.78, 5) is 2.51. The van der Waals surface area contributed by atoms with Gasteiger partial charge in [0.05, 0.1) is 10.5 Å². The van der Waals surface area contributed by atoms with Crippen LogP contribution in [0, 0.1) is 0 Å². The summed E-state index contributed by atoms with van der Waals surface area (Å²) >= 11 is 0. The van der Waals surface area contributed by atoms with Gasteiger partial charge in [-0.1, -0.05) is 66.7 Å². The van der Waals surface area contributed by atoms with Gasteiger partial charge in [-0.05, 0) is 80.1 Å². The Hall–Kier alpha value is -2.39. The minimum atomic E-state index is -4.46. The molecule has 0 bridgehead atoms. The molecule has 1 saturated heterocycles. The molecule has 0 aliphatic carbocycles. The van der Waals surface area contributed by atoms with Crippen LogP contribution < -0.4 is 0 Å². The molecule has 0 unspecified atom stereocenters. The lowest BCUT2D eigenvalue weighted by Gasteiger charge is -2.33. The maximum absolute atomic E-state index is 13.4. The number of benzene rings is 3. The maximum atomic E-state index is 13.4. The average Bonchev–Trinajstić information content (AvgIpc) is 2.91. The van der Waals surface area contributed by atoms with Crippen molar-refractivity contribution in [2.45, 2.75) is 42.2 Å². The predicted molar refractivity (Wildman–Crippen MR) is 147 cm³/mol. The van der Waals surface area contributed by atoms with Crippen molar-refractivity contribution in [1.29, 1.82) is 0 Å². The van der Waals surface area contributed by atoms with Crippen LogP contribution in [0.4, 0.5) is 13.2 Å². The highest BCUT2D eigenvalue weighted by atomic mass is 35.5. The number of likely N-dealkylation sites (N-methyl/N-ethyl adjacent to an activating group) is 1. The lowest BCUT2D eigenvalue weighted by atomic mass is 9.89. The molecule has 0 amide bonds. The molecule has 0 N–H and O–H groups in total. The van der Waals surface area contributed by atoms with E-state index in [1.807, 2.05) is 6.07 Å². The SMILES string of the molecule is CN(C[C@H](CCN1CCC(c2ccccc2)CC1)c1cccc(C(F)(F)F)c1)S(=O)(=O)c1ccccc1.Cl. The molecule has 0 spiro atoms. The fourth-order valence-electron chi connectivity index (χ4n) is 5.07. The molecule has 38 heavy (non-hydrogen) atoms. The molecule has 9 heteroatoms. The Morgan fingerprint density at radius 1 is 0.921 bits per heavy atom.